The summed E-state index contributed by atoms with van der Waals surface area (Å²) < 4.78 is 0. The van der Waals surface area contributed by atoms with Gasteiger partial charge in [-0.05, 0) is 49.7 Å². The van der Waals surface area contributed by atoms with Gasteiger partial charge >= 0.3 is 0 Å². The normalized spacial score (nSPS) is 37.6. The van der Waals surface area contributed by atoms with Crippen LogP contribution in [0.3, 0.4) is 0 Å². The number of allylic oxidation sites excluding steroid dienone is 4. The molecule has 0 amide bonds. The van der Waals surface area contributed by atoms with Crippen LogP contribution in [-0.4, -0.2) is 39.7 Å². The second-order valence-corrected chi connectivity index (χ2v) is 10.8. The van der Waals surface area contributed by atoms with E-state index in [0.717, 1.165) is 24.1 Å². The maximum absolute atomic E-state index is 13.6. The van der Waals surface area contributed by atoms with Crippen LogP contribution < -0.4 is 0 Å². The first-order chi connectivity index (χ1) is 16.2. The Hall–Kier alpha value is -1.47. The number of aliphatic hydroxyl groups excluding tert-OH is 1. The minimum atomic E-state index is -1.63. The van der Waals surface area contributed by atoms with Crippen LogP contribution in [0.25, 0.3) is 0 Å². The molecule has 4 aliphatic rings. The van der Waals surface area contributed by atoms with E-state index in [9.17, 15) is 19.8 Å². The molecule has 7 heteroatoms. The summed E-state index contributed by atoms with van der Waals surface area (Å²) >= 11 is 0. The Balaban J connectivity index is 0.00000180. The first-order valence-electron chi connectivity index (χ1n) is 12.2. The molecule has 0 aliphatic heterocycles. The van der Waals surface area contributed by atoms with Crippen molar-refractivity contribution in [1.82, 2.24) is 0 Å². The number of fused-ring (bicyclic) bond motifs is 5. The van der Waals surface area contributed by atoms with Gasteiger partial charge in [-0.2, -0.15) is 30.3 Å². The van der Waals surface area contributed by atoms with Gasteiger partial charge in [0.2, 0.25) is 0 Å². The van der Waals surface area contributed by atoms with Gasteiger partial charge in [-0.25, -0.2) is 0 Å². The van der Waals surface area contributed by atoms with Crippen LogP contribution in [0.1, 0.15) is 51.5 Å². The van der Waals surface area contributed by atoms with Crippen molar-refractivity contribution in [3.8, 4) is 0 Å². The van der Waals surface area contributed by atoms with Crippen LogP contribution in [0.2, 0.25) is 0 Å². The molecule has 4 aliphatic carbocycles. The van der Waals surface area contributed by atoms with E-state index in [1.165, 1.54) is 5.57 Å². The smallest absolute Gasteiger partial charge is 0.190 e. The van der Waals surface area contributed by atoms with Crippen molar-refractivity contribution >= 4 is 17.3 Å². The van der Waals surface area contributed by atoms with Gasteiger partial charge in [0.25, 0.3) is 0 Å². The van der Waals surface area contributed by atoms with Gasteiger partial charge in [-0.15, -0.1) is 5.56 Å². The summed E-state index contributed by atoms with van der Waals surface area (Å²) in [6, 6.07) is 10.7. The summed E-state index contributed by atoms with van der Waals surface area (Å²) in [5.41, 5.74) is -0.0117. The van der Waals surface area contributed by atoms with E-state index in [1.807, 2.05) is 43.3 Å². The van der Waals surface area contributed by atoms with Gasteiger partial charge in [-0.1, -0.05) is 30.7 Å². The molecule has 1 aromatic carbocycles. The van der Waals surface area contributed by atoms with Gasteiger partial charge in [0.15, 0.2) is 5.78 Å². The summed E-state index contributed by atoms with van der Waals surface area (Å²) in [5, 5.41) is 25.1. The summed E-state index contributed by atoms with van der Waals surface area (Å²) in [5.74, 6) is -0.471. The van der Waals surface area contributed by atoms with E-state index >= 15 is 0 Å². The number of aliphatic hydroxyl groups is 2. The monoisotopic (exact) mass is 566 g/mol. The molecular formula is C29H35NO5Y-2. The Kier molecular flexibility index (Phi) is 8.67. The van der Waals surface area contributed by atoms with Gasteiger partial charge in [0.1, 0.15) is 30.3 Å². The zero-order valence-corrected chi connectivity index (χ0v) is 24.2. The van der Waals surface area contributed by atoms with E-state index < -0.39 is 28.8 Å². The van der Waals surface area contributed by atoms with Crippen LogP contribution in [0, 0.1) is 42.1 Å². The number of oxime groups is 1. The van der Waals surface area contributed by atoms with Gasteiger partial charge < -0.3 is 22.5 Å². The van der Waals surface area contributed by atoms with Crippen molar-refractivity contribution in [3.63, 3.8) is 0 Å². The molecule has 191 valence electrons. The average Bonchev–Trinajstić information content (AvgIpc) is 3.10. The van der Waals surface area contributed by atoms with Gasteiger partial charge in [-0.3, -0.25) is 9.59 Å². The van der Waals surface area contributed by atoms with Crippen molar-refractivity contribution < 1.29 is 57.3 Å². The van der Waals surface area contributed by atoms with E-state index in [0.29, 0.717) is 19.4 Å². The van der Waals surface area contributed by atoms with E-state index in [2.05, 4.69) is 24.2 Å². The molecule has 0 aromatic heterocycles. The minimum absolute atomic E-state index is 0. The fraction of sp³-hybridized carbons (Fsp3) is 0.517. The SMILES string of the molecule is C[C@]12C=C/C(=N\OCc3[c-]cccc3)C=C1CC[C@@H]1[C@@H]2C(=O)C[C@@]2(C)[C@H]1CC[C@]2(O)C(=O)CO.[CH3-].[Y]. The number of ketones is 2. The van der Waals surface area contributed by atoms with Crippen molar-refractivity contribution in [2.24, 2.45) is 33.7 Å². The third-order valence-corrected chi connectivity index (χ3v) is 9.19. The number of nitrogens with zero attached hydrogens (tertiary/aromatic N) is 1. The van der Waals surface area contributed by atoms with Crippen LogP contribution in [0.5, 0.6) is 0 Å². The summed E-state index contributed by atoms with van der Waals surface area (Å²) in [6.07, 6.45) is 8.91. The van der Waals surface area contributed by atoms with Gasteiger partial charge in [0, 0.05) is 55.9 Å². The van der Waals surface area contributed by atoms with Crippen LogP contribution in [0.15, 0.2) is 53.2 Å². The molecular weight excluding hydrogens is 531 g/mol. The number of carbonyl (C=O) groups excluding carboxylic acids is 2. The molecule has 0 saturated heterocycles. The standard InChI is InChI=1S/C28H32NO5.CH3.Y/c1-26-12-10-20(29-34-17-18-6-4-3-5-7-18)14-19(26)8-9-21-22-11-13-28(33,24(32)16-30)27(22,2)15-23(31)25(21)26;;/h3-6,10,12,14,21-22,25,30,33H,8-9,11,13,15-17H2,1-2H3;1H3;/q2*-1;/b29-20+;;/t21-,22-,25+,26-,27-,28-;;/m0../s1. The molecule has 0 bridgehead atoms. The third-order valence-electron chi connectivity index (χ3n) is 9.19. The summed E-state index contributed by atoms with van der Waals surface area (Å²) in [6.45, 7) is 3.66. The summed E-state index contributed by atoms with van der Waals surface area (Å²) in [7, 11) is 0. The maximum atomic E-state index is 13.6. The molecule has 3 saturated carbocycles. The predicted octanol–water partition coefficient (Wildman–Crippen LogP) is 4.02. The molecule has 5 rings (SSSR count). The molecule has 2 N–H and O–H groups in total. The van der Waals surface area contributed by atoms with E-state index in [1.54, 1.807) is 0 Å². The van der Waals surface area contributed by atoms with Crippen molar-refractivity contribution in [2.45, 2.75) is 58.2 Å². The number of carbonyl (C=O) groups is 2. The first-order valence-corrected chi connectivity index (χ1v) is 12.2. The Morgan fingerprint density at radius 1 is 1.28 bits per heavy atom. The second kappa shape index (κ2) is 10.7. The zero-order valence-electron chi connectivity index (χ0n) is 21.4. The number of hydrogen-bond acceptors (Lipinski definition) is 6. The Morgan fingerprint density at radius 3 is 2.75 bits per heavy atom. The molecule has 0 heterocycles. The molecule has 6 nitrogen and oxygen atoms in total. The van der Waals surface area contributed by atoms with Gasteiger partial charge in [0.05, 0.1) is 0 Å². The zero-order chi connectivity index (χ0) is 24.1. The average molecular weight is 567 g/mol. The van der Waals surface area contributed by atoms with E-state index in [4.69, 9.17) is 4.84 Å². The first kappa shape index (κ1) is 29.1. The van der Waals surface area contributed by atoms with Crippen LogP contribution in [-0.2, 0) is 53.7 Å². The molecule has 0 unspecified atom stereocenters. The second-order valence-electron chi connectivity index (χ2n) is 10.8. The predicted molar refractivity (Wildman–Crippen MR) is 133 cm³/mol. The largest absolute Gasteiger partial charge is 0.393 e. The number of rotatable bonds is 5. The quantitative estimate of drug-likeness (QED) is 0.415. The Morgan fingerprint density at radius 2 is 2.06 bits per heavy atom. The minimum Gasteiger partial charge on any atom is -0.393 e. The molecule has 1 radical (unpaired) electrons. The third kappa shape index (κ3) is 4.42. The number of hydrogen-bond donors (Lipinski definition) is 2. The molecule has 3 fully saturated rings. The molecule has 36 heavy (non-hydrogen) atoms. The Bertz CT molecular complexity index is 1100. The van der Waals surface area contributed by atoms with Crippen molar-refractivity contribution in [3.05, 3.63) is 67.1 Å². The summed E-state index contributed by atoms with van der Waals surface area (Å²) in [4.78, 5) is 31.7. The Labute approximate surface area is 239 Å². The van der Waals surface area contributed by atoms with E-state index in [-0.39, 0.29) is 70.1 Å². The fourth-order valence-electron chi connectivity index (χ4n) is 7.39. The number of Topliss-reactive ketones (excluding diaryl/α,β-unsaturated/α-hetero) is 2. The van der Waals surface area contributed by atoms with Crippen molar-refractivity contribution in [1.29, 1.82) is 0 Å². The van der Waals surface area contributed by atoms with Crippen LogP contribution >= 0.6 is 0 Å². The topological polar surface area (TPSA) is 96.2 Å². The fourth-order valence-corrected chi connectivity index (χ4v) is 7.39. The maximum Gasteiger partial charge on any atom is 0.190 e. The molecule has 0 spiro atoms. The van der Waals surface area contributed by atoms with Crippen molar-refractivity contribution in [2.75, 3.05) is 6.61 Å². The van der Waals surface area contributed by atoms with Crippen LogP contribution in [0.4, 0.5) is 0 Å². The number of benzene rings is 1. The molecule has 6 atom stereocenters. The molecule has 1 aromatic rings.